The monoisotopic (exact) mass is 507 g/mol. The Bertz CT molecular complexity index is 1430. The Morgan fingerprint density at radius 1 is 1.00 bits per heavy atom. The normalized spacial score (nSPS) is 12.7. The van der Waals surface area contributed by atoms with Crippen molar-refractivity contribution < 1.29 is 18.0 Å². The second kappa shape index (κ2) is 10.6. The highest BCUT2D eigenvalue weighted by Crippen LogP contribution is 2.30. The zero-order valence-corrected chi connectivity index (χ0v) is 21.2. The Labute approximate surface area is 210 Å². The van der Waals surface area contributed by atoms with E-state index in [2.05, 4.69) is 20.4 Å². The summed E-state index contributed by atoms with van der Waals surface area (Å²) in [5.41, 5.74) is 10.2. The summed E-state index contributed by atoms with van der Waals surface area (Å²) in [7, 11) is -3.36. The van der Waals surface area contributed by atoms with Crippen LogP contribution in [0.5, 0.6) is 0 Å². The van der Waals surface area contributed by atoms with E-state index in [1.54, 1.807) is 51.1 Å². The number of aliphatic hydroxyl groups excluding tert-OH is 1. The maximum absolute atomic E-state index is 12.4. The summed E-state index contributed by atoms with van der Waals surface area (Å²) >= 11 is 0. The maximum atomic E-state index is 12.4. The number of nitrogens with one attached hydrogen (secondary N) is 1. The number of nitrogens with two attached hydrogens (primary N) is 1. The van der Waals surface area contributed by atoms with Crippen molar-refractivity contribution in [1.29, 1.82) is 0 Å². The number of hydrogen-bond donors (Lipinski definition) is 3. The van der Waals surface area contributed by atoms with Crippen LogP contribution in [0.15, 0.2) is 70.2 Å². The number of benzene rings is 2. The number of aliphatic hydroxyl groups is 1. The molecule has 0 saturated heterocycles. The van der Waals surface area contributed by atoms with Crippen molar-refractivity contribution in [2.75, 3.05) is 12.3 Å². The fourth-order valence-corrected chi connectivity index (χ4v) is 4.61. The van der Waals surface area contributed by atoms with E-state index in [-0.39, 0.29) is 10.7 Å². The number of nitrogen functional groups attached to an aromatic ring is 1. The quantitative estimate of drug-likeness (QED) is 0.309. The molecule has 1 atom stereocenters. The van der Waals surface area contributed by atoms with Gasteiger partial charge >= 0.3 is 0 Å². The van der Waals surface area contributed by atoms with Crippen molar-refractivity contribution in [2.45, 2.75) is 43.6 Å². The van der Waals surface area contributed by atoms with Crippen LogP contribution in [0.1, 0.15) is 26.3 Å². The molecule has 0 fully saturated rings. The molecule has 2 heterocycles. The summed E-state index contributed by atoms with van der Waals surface area (Å²) in [5, 5.41) is 16.2. The van der Waals surface area contributed by atoms with Gasteiger partial charge in [0.1, 0.15) is 5.69 Å². The van der Waals surface area contributed by atoms with E-state index in [4.69, 9.17) is 10.3 Å². The standard InChI is InChI=1S/C26H29N5O4S/c1-16(2)36(33,34)21-10-8-20(9-11-21)23-15-29-26(27)25(30-23)24-12-22(31-35-24)19-6-4-18(5-7-19)14-28-13-17(3)32/h4-12,15-17,28,32H,13-14H2,1-3H3,(H2,27,29). The molecule has 2 aromatic carbocycles. The third kappa shape index (κ3) is 5.62. The topological polar surface area (TPSA) is 144 Å². The van der Waals surface area contributed by atoms with Gasteiger partial charge in [-0.05, 0) is 38.5 Å². The van der Waals surface area contributed by atoms with E-state index >= 15 is 0 Å². The number of rotatable bonds is 9. The summed E-state index contributed by atoms with van der Waals surface area (Å²) in [5.74, 6) is 0.568. The highest BCUT2D eigenvalue weighted by molar-refractivity contribution is 7.92. The van der Waals surface area contributed by atoms with Crippen LogP contribution >= 0.6 is 0 Å². The first-order valence-electron chi connectivity index (χ1n) is 11.6. The molecule has 0 radical (unpaired) electrons. The van der Waals surface area contributed by atoms with Crippen molar-refractivity contribution in [3.63, 3.8) is 0 Å². The first-order valence-corrected chi connectivity index (χ1v) is 13.1. The van der Waals surface area contributed by atoms with E-state index in [1.165, 1.54) is 6.20 Å². The SMILES string of the molecule is CC(O)CNCc1ccc(-c2cc(-c3nc(-c4ccc(S(=O)(=O)C(C)C)cc4)cnc3N)on2)cc1. The zero-order valence-electron chi connectivity index (χ0n) is 20.3. The van der Waals surface area contributed by atoms with Crippen molar-refractivity contribution in [3.05, 3.63) is 66.4 Å². The van der Waals surface area contributed by atoms with Gasteiger partial charge < -0.3 is 20.7 Å². The maximum Gasteiger partial charge on any atom is 0.189 e. The summed E-state index contributed by atoms with van der Waals surface area (Å²) in [4.78, 5) is 9.12. The number of hydrogen-bond acceptors (Lipinski definition) is 9. The van der Waals surface area contributed by atoms with Gasteiger partial charge in [0.15, 0.2) is 27.1 Å². The molecule has 1 unspecified atom stereocenters. The minimum atomic E-state index is -3.36. The van der Waals surface area contributed by atoms with Gasteiger partial charge in [-0.2, -0.15) is 0 Å². The summed E-state index contributed by atoms with van der Waals surface area (Å²) in [6, 6.07) is 16.1. The van der Waals surface area contributed by atoms with Crippen LogP contribution in [0.4, 0.5) is 5.82 Å². The van der Waals surface area contributed by atoms with E-state index in [0.29, 0.717) is 41.5 Å². The van der Waals surface area contributed by atoms with Crippen molar-refractivity contribution in [1.82, 2.24) is 20.4 Å². The molecular formula is C26H29N5O4S. The van der Waals surface area contributed by atoms with Crippen LogP contribution in [0.2, 0.25) is 0 Å². The third-order valence-corrected chi connectivity index (χ3v) is 7.83. The number of sulfone groups is 1. The van der Waals surface area contributed by atoms with E-state index in [9.17, 15) is 13.5 Å². The highest BCUT2D eigenvalue weighted by Gasteiger charge is 2.20. The Hall–Kier alpha value is -3.60. The van der Waals surface area contributed by atoms with Crippen LogP contribution in [-0.4, -0.2) is 46.5 Å². The number of nitrogens with zero attached hydrogens (tertiary/aromatic N) is 3. The predicted octanol–water partition coefficient (Wildman–Crippen LogP) is 3.70. The van der Waals surface area contributed by atoms with Gasteiger partial charge in [0.25, 0.3) is 0 Å². The predicted molar refractivity (Wildman–Crippen MR) is 139 cm³/mol. The molecule has 0 aliphatic heterocycles. The fraction of sp³-hybridized carbons (Fsp3) is 0.269. The van der Waals surface area contributed by atoms with Crippen molar-refractivity contribution in [3.8, 4) is 34.0 Å². The van der Waals surface area contributed by atoms with E-state index in [1.807, 2.05) is 24.3 Å². The second-order valence-corrected chi connectivity index (χ2v) is 11.4. The molecule has 9 nitrogen and oxygen atoms in total. The van der Waals surface area contributed by atoms with Gasteiger partial charge in [-0.3, -0.25) is 0 Å². The van der Waals surface area contributed by atoms with Crippen molar-refractivity contribution in [2.24, 2.45) is 0 Å². The van der Waals surface area contributed by atoms with Gasteiger partial charge in [-0.25, -0.2) is 18.4 Å². The molecule has 0 saturated carbocycles. The third-order valence-electron chi connectivity index (χ3n) is 5.66. The largest absolute Gasteiger partial charge is 0.392 e. The van der Waals surface area contributed by atoms with E-state index < -0.39 is 21.2 Å². The van der Waals surface area contributed by atoms with Crippen LogP contribution in [0, 0.1) is 0 Å². The van der Waals surface area contributed by atoms with Crippen LogP contribution in [0.25, 0.3) is 34.0 Å². The minimum Gasteiger partial charge on any atom is -0.392 e. The van der Waals surface area contributed by atoms with Crippen LogP contribution in [-0.2, 0) is 16.4 Å². The number of anilines is 1. The van der Waals surface area contributed by atoms with Gasteiger partial charge in [0.2, 0.25) is 0 Å². The molecule has 4 rings (SSSR count). The van der Waals surface area contributed by atoms with Gasteiger partial charge in [0.05, 0.1) is 28.1 Å². The fourth-order valence-electron chi connectivity index (χ4n) is 3.55. The molecule has 0 spiro atoms. The molecule has 188 valence electrons. The lowest BCUT2D eigenvalue weighted by atomic mass is 10.1. The van der Waals surface area contributed by atoms with E-state index in [0.717, 1.165) is 11.1 Å². The summed E-state index contributed by atoms with van der Waals surface area (Å²) < 4.78 is 30.3. The smallest absolute Gasteiger partial charge is 0.189 e. The molecule has 0 bridgehead atoms. The molecule has 0 amide bonds. The lowest BCUT2D eigenvalue weighted by Crippen LogP contribution is -2.23. The van der Waals surface area contributed by atoms with Gasteiger partial charge in [-0.15, -0.1) is 0 Å². The first kappa shape index (κ1) is 25.5. The molecule has 36 heavy (non-hydrogen) atoms. The lowest BCUT2D eigenvalue weighted by molar-refractivity contribution is 0.191. The zero-order chi connectivity index (χ0) is 25.9. The molecule has 4 aromatic rings. The number of aromatic nitrogens is 3. The van der Waals surface area contributed by atoms with Crippen molar-refractivity contribution >= 4 is 15.7 Å². The Balaban J connectivity index is 1.55. The Morgan fingerprint density at radius 3 is 2.28 bits per heavy atom. The van der Waals surface area contributed by atoms with Crippen LogP contribution < -0.4 is 11.1 Å². The second-order valence-electron chi connectivity index (χ2n) is 8.86. The average Bonchev–Trinajstić information content (AvgIpc) is 3.34. The molecular weight excluding hydrogens is 478 g/mol. The van der Waals surface area contributed by atoms with Gasteiger partial charge in [-0.1, -0.05) is 41.6 Å². The van der Waals surface area contributed by atoms with Gasteiger partial charge in [0, 0.05) is 30.3 Å². The minimum absolute atomic E-state index is 0.194. The summed E-state index contributed by atoms with van der Waals surface area (Å²) in [6.45, 7) is 6.21. The molecule has 2 aromatic heterocycles. The first-order chi connectivity index (χ1) is 17.1. The Morgan fingerprint density at radius 2 is 1.64 bits per heavy atom. The Kier molecular flexibility index (Phi) is 7.48. The molecule has 10 heteroatoms. The lowest BCUT2D eigenvalue weighted by Gasteiger charge is -2.09. The molecule has 0 aliphatic carbocycles. The molecule has 0 aliphatic rings. The van der Waals surface area contributed by atoms with Crippen LogP contribution in [0.3, 0.4) is 0 Å². The average molecular weight is 508 g/mol. The highest BCUT2D eigenvalue weighted by atomic mass is 32.2. The summed E-state index contributed by atoms with van der Waals surface area (Å²) in [6.07, 6.45) is 1.14. The molecule has 4 N–H and O–H groups in total.